The van der Waals surface area contributed by atoms with Gasteiger partial charge in [-0.25, -0.2) is 4.98 Å². The fraction of sp³-hybridized carbons (Fsp3) is 0.412. The summed E-state index contributed by atoms with van der Waals surface area (Å²) in [6, 6.07) is 9.04. The van der Waals surface area contributed by atoms with Crippen molar-refractivity contribution >= 4 is 10.4 Å². The lowest BCUT2D eigenvalue weighted by atomic mass is 9.91. The molecule has 4 heterocycles. The molecule has 132 valence electrons. The summed E-state index contributed by atoms with van der Waals surface area (Å²) in [5.41, 5.74) is 0.487. The molecule has 7 nitrogen and oxygen atoms in total. The zero-order valence-corrected chi connectivity index (χ0v) is 14.6. The third-order valence-electron chi connectivity index (χ3n) is 4.80. The molecule has 25 heavy (non-hydrogen) atoms. The summed E-state index contributed by atoms with van der Waals surface area (Å²) in [5.74, 6) is 0.200. The van der Waals surface area contributed by atoms with Crippen LogP contribution in [0.25, 0.3) is 0 Å². The molecule has 1 fully saturated rings. The van der Waals surface area contributed by atoms with Gasteiger partial charge in [-0.2, -0.15) is 0 Å². The second-order valence-electron chi connectivity index (χ2n) is 6.51. The number of pyridine rings is 2. The van der Waals surface area contributed by atoms with E-state index in [1.165, 1.54) is 6.07 Å². The first-order chi connectivity index (χ1) is 12.1. The van der Waals surface area contributed by atoms with Crippen LogP contribution in [0, 0.1) is 0 Å². The van der Waals surface area contributed by atoms with Gasteiger partial charge in [0, 0.05) is 50.9 Å². The summed E-state index contributed by atoms with van der Waals surface area (Å²) in [7, 11) is -3.58. The zero-order chi connectivity index (χ0) is 17.3. The van der Waals surface area contributed by atoms with E-state index in [4.69, 9.17) is 4.74 Å². The van der Waals surface area contributed by atoms with Gasteiger partial charge in [-0.05, 0) is 18.2 Å². The van der Waals surface area contributed by atoms with Crippen LogP contribution in [0.1, 0.15) is 18.5 Å². The molecule has 0 aromatic carbocycles. The molecule has 8 heteroatoms. The molecule has 0 radical (unpaired) electrons. The number of aromatic nitrogens is 2. The smallest absolute Gasteiger partial charge is 0.272 e. The number of rotatable bonds is 2. The summed E-state index contributed by atoms with van der Waals surface area (Å²) in [5, 5.41) is 0. The molecule has 2 aromatic heterocycles. The molecule has 1 saturated heterocycles. The predicted octanol–water partition coefficient (Wildman–Crippen LogP) is 1.40. The third-order valence-corrected chi connectivity index (χ3v) is 6.22. The Labute approximate surface area is 147 Å². The van der Waals surface area contributed by atoms with Gasteiger partial charge in [0.1, 0.15) is 5.60 Å². The molecule has 2 aromatic rings. The summed E-state index contributed by atoms with van der Waals surface area (Å²) in [6.07, 6.45) is 4.83. The van der Waals surface area contributed by atoms with Crippen molar-refractivity contribution in [1.29, 1.82) is 0 Å². The number of likely N-dealkylation sites (tertiary alicyclic amines) is 1. The normalized spacial score (nSPS) is 25.8. The Bertz CT molecular complexity index is 793. The highest BCUT2D eigenvalue weighted by Gasteiger charge is 2.44. The summed E-state index contributed by atoms with van der Waals surface area (Å²) in [4.78, 5) is 10.9. The number of hydrogen-bond acceptors (Lipinski definition) is 6. The van der Waals surface area contributed by atoms with E-state index in [9.17, 15) is 8.76 Å². The van der Waals surface area contributed by atoms with Gasteiger partial charge in [0.25, 0.3) is 5.88 Å². The highest BCUT2D eigenvalue weighted by atomic mass is 32.3. The van der Waals surface area contributed by atoms with Crippen molar-refractivity contribution in [3.63, 3.8) is 0 Å². The number of nitrogens with zero attached hydrogens (tertiary/aromatic N) is 3. The lowest BCUT2D eigenvalue weighted by Gasteiger charge is -2.40. The Morgan fingerprint density at radius 1 is 1.20 bits per heavy atom. The van der Waals surface area contributed by atoms with Gasteiger partial charge in [-0.3, -0.25) is 9.88 Å². The van der Waals surface area contributed by atoms with E-state index >= 15 is 0 Å². The van der Waals surface area contributed by atoms with Crippen molar-refractivity contribution in [3.8, 4) is 5.88 Å². The van der Waals surface area contributed by atoms with Gasteiger partial charge in [0.2, 0.25) is 4.90 Å². The molecule has 1 atom stereocenters. The average molecular weight is 360 g/mol. The SMILES string of the molecule is O=[S+]1([O-])NCC2(CCN(Cc3ccccn3)CC2)Oc2ncccc21. The van der Waals surface area contributed by atoms with Crippen LogP contribution in [0.5, 0.6) is 5.88 Å². The standard InChI is InChI=1S/C17H20N4O3S/c22-25(23)15-5-3-9-19-16(15)24-17(13-20-25)6-10-21(11-7-17)12-14-4-1-2-8-18-14/h1-5,8-9H,6-7,10-13H2,(H-,20,22,23). The van der Waals surface area contributed by atoms with Crippen molar-refractivity contribution in [2.75, 3.05) is 19.6 Å². The molecule has 4 rings (SSSR count). The van der Waals surface area contributed by atoms with Crippen molar-refractivity contribution < 1.29 is 13.5 Å². The first kappa shape index (κ1) is 16.6. The van der Waals surface area contributed by atoms with E-state index in [0.29, 0.717) is 0 Å². The van der Waals surface area contributed by atoms with Crippen molar-refractivity contribution in [3.05, 3.63) is 48.4 Å². The Kier molecular flexibility index (Phi) is 4.28. The second kappa shape index (κ2) is 6.45. The number of hydrogen-bond donors (Lipinski definition) is 1. The quantitative estimate of drug-likeness (QED) is 0.814. The van der Waals surface area contributed by atoms with Gasteiger partial charge in [-0.15, -0.1) is 4.72 Å². The maximum Gasteiger partial charge on any atom is 0.272 e. The fourth-order valence-electron chi connectivity index (χ4n) is 3.32. The van der Waals surface area contributed by atoms with Crippen molar-refractivity contribution in [2.45, 2.75) is 29.9 Å². The molecule has 0 bridgehead atoms. The second-order valence-corrected chi connectivity index (χ2v) is 8.25. The summed E-state index contributed by atoms with van der Waals surface area (Å²) in [6.45, 7) is 2.70. The Hall–Kier alpha value is -1.87. The number of piperidine rings is 1. The molecule has 0 amide bonds. The predicted molar refractivity (Wildman–Crippen MR) is 91.4 cm³/mol. The zero-order valence-electron chi connectivity index (χ0n) is 13.8. The molecule has 2 aliphatic heterocycles. The minimum atomic E-state index is -3.58. The molecule has 1 unspecified atom stereocenters. The molecule has 0 saturated carbocycles. The van der Waals surface area contributed by atoms with Gasteiger partial charge < -0.3 is 9.29 Å². The number of nitrogens with one attached hydrogen (secondary N) is 1. The Balaban J connectivity index is 1.49. The minimum absolute atomic E-state index is 0.114. The average Bonchev–Trinajstić information content (AvgIpc) is 2.74. The third kappa shape index (κ3) is 3.43. The van der Waals surface area contributed by atoms with E-state index in [1.807, 2.05) is 18.2 Å². The highest BCUT2D eigenvalue weighted by Crippen LogP contribution is 2.35. The highest BCUT2D eigenvalue weighted by molar-refractivity contribution is 7.95. The number of fused-ring (bicyclic) bond motifs is 1. The number of ether oxygens (including phenoxy) is 1. The van der Waals surface area contributed by atoms with Crippen LogP contribution in [0.2, 0.25) is 0 Å². The maximum atomic E-state index is 12.4. The first-order valence-electron chi connectivity index (χ1n) is 8.32. The van der Waals surface area contributed by atoms with Gasteiger partial charge in [0.05, 0.1) is 12.2 Å². The van der Waals surface area contributed by atoms with E-state index in [-0.39, 0.29) is 17.3 Å². The Morgan fingerprint density at radius 3 is 2.76 bits per heavy atom. The molecular weight excluding hydrogens is 340 g/mol. The van der Waals surface area contributed by atoms with Crippen LogP contribution < -0.4 is 9.46 Å². The minimum Gasteiger partial charge on any atom is -0.593 e. The lowest BCUT2D eigenvalue weighted by molar-refractivity contribution is -0.0000503. The van der Waals surface area contributed by atoms with Crippen LogP contribution in [0.4, 0.5) is 0 Å². The van der Waals surface area contributed by atoms with Crippen molar-refractivity contribution in [1.82, 2.24) is 19.6 Å². The topological polar surface area (TPSA) is 90.4 Å². The lowest BCUT2D eigenvalue weighted by Crippen LogP contribution is -2.53. The molecule has 0 aliphatic carbocycles. The van der Waals surface area contributed by atoms with E-state index in [0.717, 1.165) is 38.2 Å². The molecule has 1 spiro atoms. The maximum absolute atomic E-state index is 12.4. The van der Waals surface area contributed by atoms with Crippen LogP contribution in [0.3, 0.4) is 0 Å². The molecular formula is C17H20N4O3S. The van der Waals surface area contributed by atoms with Crippen LogP contribution in [0.15, 0.2) is 47.6 Å². The largest absolute Gasteiger partial charge is 0.593 e. The van der Waals surface area contributed by atoms with Crippen LogP contribution in [-0.4, -0.2) is 44.7 Å². The van der Waals surface area contributed by atoms with E-state index in [1.54, 1.807) is 18.5 Å². The van der Waals surface area contributed by atoms with Gasteiger partial charge in [-0.1, -0.05) is 10.3 Å². The van der Waals surface area contributed by atoms with Crippen molar-refractivity contribution in [2.24, 2.45) is 0 Å². The van der Waals surface area contributed by atoms with Crippen LogP contribution in [-0.2, 0) is 21.2 Å². The Morgan fingerprint density at radius 2 is 2.00 bits per heavy atom. The van der Waals surface area contributed by atoms with E-state index < -0.39 is 16.0 Å². The van der Waals surface area contributed by atoms with Crippen LogP contribution >= 0.6 is 0 Å². The summed E-state index contributed by atoms with van der Waals surface area (Å²) >= 11 is 0. The van der Waals surface area contributed by atoms with Gasteiger partial charge >= 0.3 is 0 Å². The fourth-order valence-corrected chi connectivity index (χ4v) is 4.51. The number of sulfonamides is 1. The van der Waals surface area contributed by atoms with E-state index in [2.05, 4.69) is 19.6 Å². The molecule has 2 aliphatic rings. The monoisotopic (exact) mass is 360 g/mol. The summed E-state index contributed by atoms with van der Waals surface area (Å²) < 4.78 is 33.6. The molecule has 1 N–H and O–H groups in total. The first-order valence-corrected chi connectivity index (χ1v) is 9.81. The van der Waals surface area contributed by atoms with Gasteiger partial charge in [0.15, 0.2) is 10.4 Å².